The van der Waals surface area contributed by atoms with E-state index in [-0.39, 0.29) is 35.2 Å². The molecule has 0 saturated heterocycles. The number of H-pyrrole nitrogens is 1. The third kappa shape index (κ3) is 5.46. The summed E-state index contributed by atoms with van der Waals surface area (Å²) in [6.45, 7) is 2.16. The van der Waals surface area contributed by atoms with E-state index >= 15 is 0 Å². The van der Waals surface area contributed by atoms with E-state index in [2.05, 4.69) is 20.8 Å². The van der Waals surface area contributed by atoms with Crippen molar-refractivity contribution in [1.82, 2.24) is 15.5 Å². The van der Waals surface area contributed by atoms with Gasteiger partial charge in [-0.1, -0.05) is 23.7 Å². The molecule has 0 atom stereocenters. The number of benzene rings is 2. The maximum Gasteiger partial charge on any atom is 0.338 e. The minimum atomic E-state index is -1.22. The molecule has 3 rings (SSSR count). The molecule has 0 bridgehead atoms. The van der Waals surface area contributed by atoms with Gasteiger partial charge < -0.3 is 15.4 Å². The molecule has 3 aromatic rings. The molecular formula is C21H17ClF2N4O4. The number of rotatable bonds is 7. The third-order valence-corrected chi connectivity index (χ3v) is 4.54. The molecule has 1 heterocycles. The standard InChI is InChI=1S/C21H17ClF2N4O4/c1-2-32-21(31)12-5-3-11(4-6-12)10-25-20(30)17-9-18(28-27-17)26-19(29)13-7-15(23)16(24)8-14(13)22/h3-9H,2,10H2,1H3,(H,25,30)(H2,26,27,28,29). The third-order valence-electron chi connectivity index (χ3n) is 4.23. The second kappa shape index (κ2) is 10.0. The summed E-state index contributed by atoms with van der Waals surface area (Å²) >= 11 is 5.78. The second-order valence-corrected chi connectivity index (χ2v) is 6.87. The number of anilines is 1. The number of hydrogen-bond acceptors (Lipinski definition) is 5. The highest BCUT2D eigenvalue weighted by atomic mass is 35.5. The lowest BCUT2D eigenvalue weighted by molar-refractivity contribution is 0.0526. The molecule has 11 heteroatoms. The van der Waals surface area contributed by atoms with Crippen LogP contribution in [0.25, 0.3) is 0 Å². The number of esters is 1. The first-order valence-corrected chi connectivity index (χ1v) is 9.71. The number of amides is 2. The van der Waals surface area contributed by atoms with Gasteiger partial charge in [0.15, 0.2) is 17.3 Å². The van der Waals surface area contributed by atoms with Gasteiger partial charge in [-0.2, -0.15) is 5.10 Å². The van der Waals surface area contributed by atoms with E-state index in [1.165, 1.54) is 6.07 Å². The van der Waals surface area contributed by atoms with Crippen LogP contribution in [0.5, 0.6) is 0 Å². The lowest BCUT2D eigenvalue weighted by atomic mass is 10.1. The Morgan fingerprint density at radius 1 is 1.06 bits per heavy atom. The lowest BCUT2D eigenvalue weighted by Gasteiger charge is -2.06. The summed E-state index contributed by atoms with van der Waals surface area (Å²) in [6.07, 6.45) is 0. The Hall–Kier alpha value is -3.79. The zero-order valence-corrected chi connectivity index (χ0v) is 17.4. The Balaban J connectivity index is 1.58. The van der Waals surface area contributed by atoms with E-state index in [1.807, 2.05) is 0 Å². The van der Waals surface area contributed by atoms with Crippen molar-refractivity contribution in [2.24, 2.45) is 0 Å². The molecule has 166 valence electrons. The van der Waals surface area contributed by atoms with E-state index in [1.54, 1.807) is 31.2 Å². The molecule has 0 saturated carbocycles. The summed E-state index contributed by atoms with van der Waals surface area (Å²) in [4.78, 5) is 36.2. The Labute approximate surface area is 185 Å². The number of hydrogen-bond donors (Lipinski definition) is 3. The van der Waals surface area contributed by atoms with Gasteiger partial charge in [-0.15, -0.1) is 0 Å². The van der Waals surface area contributed by atoms with Crippen molar-refractivity contribution < 1.29 is 27.9 Å². The number of halogens is 3. The number of aromatic nitrogens is 2. The minimum Gasteiger partial charge on any atom is -0.462 e. The van der Waals surface area contributed by atoms with Gasteiger partial charge in [0.1, 0.15) is 5.82 Å². The predicted octanol–water partition coefficient (Wildman–Crippen LogP) is 3.70. The first-order valence-electron chi connectivity index (χ1n) is 9.34. The molecule has 32 heavy (non-hydrogen) atoms. The van der Waals surface area contributed by atoms with Crippen molar-refractivity contribution in [3.8, 4) is 0 Å². The number of aromatic amines is 1. The molecule has 2 aromatic carbocycles. The van der Waals surface area contributed by atoms with Crippen LogP contribution in [-0.4, -0.2) is 34.6 Å². The fourth-order valence-corrected chi connectivity index (χ4v) is 2.87. The number of carbonyl (C=O) groups is 3. The average molecular weight is 463 g/mol. The number of ether oxygens (including phenoxy) is 1. The normalized spacial score (nSPS) is 10.5. The number of carbonyl (C=O) groups excluding carboxylic acids is 3. The zero-order chi connectivity index (χ0) is 23.3. The van der Waals surface area contributed by atoms with Crippen molar-refractivity contribution in [1.29, 1.82) is 0 Å². The van der Waals surface area contributed by atoms with Crippen LogP contribution in [0.3, 0.4) is 0 Å². The van der Waals surface area contributed by atoms with E-state index in [9.17, 15) is 23.2 Å². The van der Waals surface area contributed by atoms with Crippen LogP contribution < -0.4 is 10.6 Å². The van der Waals surface area contributed by atoms with Crippen molar-refractivity contribution in [3.05, 3.63) is 81.5 Å². The summed E-state index contributed by atoms with van der Waals surface area (Å²) in [7, 11) is 0. The van der Waals surface area contributed by atoms with Gasteiger partial charge in [0.2, 0.25) is 0 Å². The van der Waals surface area contributed by atoms with Gasteiger partial charge in [-0.05, 0) is 36.8 Å². The van der Waals surface area contributed by atoms with Gasteiger partial charge in [-0.25, -0.2) is 13.6 Å². The molecule has 0 aliphatic carbocycles. The second-order valence-electron chi connectivity index (χ2n) is 6.47. The minimum absolute atomic E-state index is 0.0140. The first kappa shape index (κ1) is 22.9. The topological polar surface area (TPSA) is 113 Å². The summed E-state index contributed by atoms with van der Waals surface area (Å²) in [5.74, 6) is -4.12. The van der Waals surface area contributed by atoms with Crippen LogP contribution in [-0.2, 0) is 11.3 Å². The van der Waals surface area contributed by atoms with E-state index in [4.69, 9.17) is 16.3 Å². The molecule has 1 aromatic heterocycles. The SMILES string of the molecule is CCOC(=O)c1ccc(CNC(=O)c2cc(NC(=O)c3cc(F)c(F)cc3Cl)[nH]n2)cc1. The van der Waals surface area contributed by atoms with Gasteiger partial charge in [-0.3, -0.25) is 14.7 Å². The molecule has 0 unspecified atom stereocenters. The van der Waals surface area contributed by atoms with Crippen LogP contribution in [0.1, 0.15) is 43.7 Å². The largest absolute Gasteiger partial charge is 0.462 e. The quantitative estimate of drug-likeness (QED) is 0.366. The summed E-state index contributed by atoms with van der Waals surface area (Å²) in [5, 5.41) is 11.0. The molecule has 0 spiro atoms. The van der Waals surface area contributed by atoms with Crippen molar-refractivity contribution in [2.75, 3.05) is 11.9 Å². The molecule has 3 N–H and O–H groups in total. The molecule has 8 nitrogen and oxygen atoms in total. The zero-order valence-electron chi connectivity index (χ0n) is 16.7. The fourth-order valence-electron chi connectivity index (χ4n) is 2.63. The number of nitrogens with one attached hydrogen (secondary N) is 3. The summed E-state index contributed by atoms with van der Waals surface area (Å²) < 4.78 is 31.4. The van der Waals surface area contributed by atoms with Crippen LogP contribution in [0.2, 0.25) is 5.02 Å². The van der Waals surface area contributed by atoms with Crippen molar-refractivity contribution in [3.63, 3.8) is 0 Å². The van der Waals surface area contributed by atoms with Gasteiger partial charge in [0, 0.05) is 12.6 Å². The molecular weight excluding hydrogens is 446 g/mol. The Bertz CT molecular complexity index is 1170. The monoisotopic (exact) mass is 462 g/mol. The van der Waals surface area contributed by atoms with E-state index in [0.717, 1.165) is 5.56 Å². The summed E-state index contributed by atoms with van der Waals surface area (Å²) in [6, 6.07) is 9.16. The molecule has 0 aliphatic heterocycles. The highest BCUT2D eigenvalue weighted by Gasteiger charge is 2.17. The van der Waals surface area contributed by atoms with E-state index < -0.39 is 29.4 Å². The molecule has 0 fully saturated rings. The first-order chi connectivity index (χ1) is 15.3. The van der Waals surface area contributed by atoms with Gasteiger partial charge in [0.05, 0.1) is 22.8 Å². The van der Waals surface area contributed by atoms with Gasteiger partial charge >= 0.3 is 5.97 Å². The molecule has 0 aliphatic rings. The highest BCUT2D eigenvalue weighted by Crippen LogP contribution is 2.21. The van der Waals surface area contributed by atoms with E-state index in [0.29, 0.717) is 17.7 Å². The molecule has 0 radical (unpaired) electrons. The lowest BCUT2D eigenvalue weighted by Crippen LogP contribution is -2.23. The average Bonchev–Trinajstić information content (AvgIpc) is 3.23. The Morgan fingerprint density at radius 3 is 2.44 bits per heavy atom. The van der Waals surface area contributed by atoms with Crippen LogP contribution in [0.4, 0.5) is 14.6 Å². The van der Waals surface area contributed by atoms with Crippen LogP contribution in [0.15, 0.2) is 42.5 Å². The number of nitrogens with zero attached hydrogens (tertiary/aromatic N) is 1. The smallest absolute Gasteiger partial charge is 0.338 e. The maximum atomic E-state index is 13.4. The Kier molecular flexibility index (Phi) is 7.16. The molecule has 2 amide bonds. The van der Waals surface area contributed by atoms with Gasteiger partial charge in [0.25, 0.3) is 11.8 Å². The van der Waals surface area contributed by atoms with Crippen molar-refractivity contribution in [2.45, 2.75) is 13.5 Å². The fraction of sp³-hybridized carbons (Fsp3) is 0.143. The maximum absolute atomic E-state index is 13.4. The van der Waals surface area contributed by atoms with Crippen LogP contribution in [0, 0.1) is 11.6 Å². The Morgan fingerprint density at radius 2 is 1.75 bits per heavy atom. The van der Waals surface area contributed by atoms with Crippen LogP contribution >= 0.6 is 11.6 Å². The van der Waals surface area contributed by atoms with Crippen molar-refractivity contribution >= 4 is 35.2 Å². The highest BCUT2D eigenvalue weighted by molar-refractivity contribution is 6.34. The predicted molar refractivity (Wildman–Crippen MR) is 111 cm³/mol. The summed E-state index contributed by atoms with van der Waals surface area (Å²) in [5.41, 5.74) is 0.844.